The molecule has 2 heterocycles. The molecule has 2 saturated heterocycles. The van der Waals surface area contributed by atoms with Gasteiger partial charge >= 0.3 is 0 Å². The lowest BCUT2D eigenvalue weighted by atomic mass is 9.93. The Labute approximate surface area is 105 Å². The number of hydrogen-bond donors (Lipinski definition) is 1. The maximum Gasteiger partial charge on any atom is 0.222 e. The topological polar surface area (TPSA) is 32.3 Å². The van der Waals surface area contributed by atoms with E-state index < -0.39 is 0 Å². The molecular formula is C14H26N2O. The number of likely N-dealkylation sites (tertiary alicyclic amines) is 1. The lowest BCUT2D eigenvalue weighted by Gasteiger charge is -2.25. The molecule has 2 rings (SSSR count). The van der Waals surface area contributed by atoms with Crippen molar-refractivity contribution >= 4 is 5.91 Å². The average Bonchev–Trinajstić information content (AvgIpc) is 2.67. The third-order valence-electron chi connectivity index (χ3n) is 4.33. The minimum atomic E-state index is 0.389. The third-order valence-corrected chi connectivity index (χ3v) is 4.33. The van der Waals surface area contributed by atoms with Crippen molar-refractivity contribution in [3.63, 3.8) is 0 Å². The standard InChI is InChI=1S/C14H26N2O/c1-11-9-12(2)16(10-11)14(17)4-3-13-5-7-15-8-6-13/h11-13,15H,3-10H2,1-2H3. The van der Waals surface area contributed by atoms with Crippen LogP contribution in [0.4, 0.5) is 0 Å². The summed E-state index contributed by atoms with van der Waals surface area (Å²) in [6.07, 6.45) is 5.54. The van der Waals surface area contributed by atoms with E-state index in [0.717, 1.165) is 38.4 Å². The molecule has 0 spiro atoms. The maximum absolute atomic E-state index is 12.2. The van der Waals surface area contributed by atoms with Gasteiger partial charge in [-0.3, -0.25) is 4.79 Å². The molecule has 0 saturated carbocycles. The van der Waals surface area contributed by atoms with E-state index in [9.17, 15) is 4.79 Å². The molecular weight excluding hydrogens is 212 g/mol. The minimum absolute atomic E-state index is 0.389. The highest BCUT2D eigenvalue weighted by Crippen LogP contribution is 2.25. The van der Waals surface area contributed by atoms with Gasteiger partial charge in [0.05, 0.1) is 0 Å². The van der Waals surface area contributed by atoms with Gasteiger partial charge in [0, 0.05) is 19.0 Å². The Bertz CT molecular complexity index is 261. The number of nitrogens with one attached hydrogen (secondary N) is 1. The molecule has 2 fully saturated rings. The lowest BCUT2D eigenvalue weighted by molar-refractivity contribution is -0.132. The molecule has 2 unspecified atom stereocenters. The van der Waals surface area contributed by atoms with E-state index in [2.05, 4.69) is 24.1 Å². The zero-order chi connectivity index (χ0) is 12.3. The first-order valence-electron chi connectivity index (χ1n) is 7.17. The highest BCUT2D eigenvalue weighted by Gasteiger charge is 2.29. The van der Waals surface area contributed by atoms with E-state index in [0.29, 0.717) is 17.9 Å². The summed E-state index contributed by atoms with van der Waals surface area (Å²) >= 11 is 0. The summed E-state index contributed by atoms with van der Waals surface area (Å²) in [4.78, 5) is 14.3. The van der Waals surface area contributed by atoms with Gasteiger partial charge in [-0.2, -0.15) is 0 Å². The van der Waals surface area contributed by atoms with Gasteiger partial charge in [0.1, 0.15) is 0 Å². The van der Waals surface area contributed by atoms with Gasteiger partial charge in [0.2, 0.25) is 5.91 Å². The monoisotopic (exact) mass is 238 g/mol. The van der Waals surface area contributed by atoms with Crippen LogP contribution in [0.15, 0.2) is 0 Å². The highest BCUT2D eigenvalue weighted by molar-refractivity contribution is 5.76. The Kier molecular flexibility index (Phi) is 4.43. The summed E-state index contributed by atoms with van der Waals surface area (Å²) < 4.78 is 0. The van der Waals surface area contributed by atoms with Crippen molar-refractivity contribution in [3.05, 3.63) is 0 Å². The van der Waals surface area contributed by atoms with Crippen LogP contribution < -0.4 is 5.32 Å². The number of carbonyl (C=O) groups is 1. The van der Waals surface area contributed by atoms with Gasteiger partial charge in [-0.25, -0.2) is 0 Å². The molecule has 0 radical (unpaired) electrons. The first kappa shape index (κ1) is 12.9. The van der Waals surface area contributed by atoms with Crippen molar-refractivity contribution in [2.45, 2.75) is 52.0 Å². The van der Waals surface area contributed by atoms with Crippen LogP contribution in [0.3, 0.4) is 0 Å². The van der Waals surface area contributed by atoms with Crippen LogP contribution in [0, 0.1) is 11.8 Å². The van der Waals surface area contributed by atoms with Crippen molar-refractivity contribution in [1.29, 1.82) is 0 Å². The third kappa shape index (κ3) is 3.44. The normalized spacial score (nSPS) is 30.8. The van der Waals surface area contributed by atoms with Crippen LogP contribution in [0.1, 0.15) is 46.0 Å². The summed E-state index contributed by atoms with van der Waals surface area (Å²) in [6.45, 7) is 7.68. The van der Waals surface area contributed by atoms with Gasteiger partial charge in [0.15, 0.2) is 0 Å². The summed E-state index contributed by atoms with van der Waals surface area (Å²) in [6, 6.07) is 0.463. The molecule has 3 heteroatoms. The molecule has 0 aromatic heterocycles. The molecule has 2 atom stereocenters. The van der Waals surface area contributed by atoms with Crippen molar-refractivity contribution in [1.82, 2.24) is 10.2 Å². The molecule has 0 aromatic rings. The van der Waals surface area contributed by atoms with Crippen LogP contribution >= 0.6 is 0 Å². The second-order valence-corrected chi connectivity index (χ2v) is 5.97. The number of rotatable bonds is 3. The molecule has 3 nitrogen and oxygen atoms in total. The first-order chi connectivity index (χ1) is 8.16. The zero-order valence-electron chi connectivity index (χ0n) is 11.2. The molecule has 0 aromatic carbocycles. The Morgan fingerprint density at radius 1 is 1.29 bits per heavy atom. The Morgan fingerprint density at radius 3 is 2.59 bits per heavy atom. The van der Waals surface area contributed by atoms with Crippen LogP contribution in [0.2, 0.25) is 0 Å². The summed E-state index contributed by atoms with van der Waals surface area (Å²) in [7, 11) is 0. The zero-order valence-corrected chi connectivity index (χ0v) is 11.2. The lowest BCUT2D eigenvalue weighted by Crippen LogP contribution is -2.34. The maximum atomic E-state index is 12.2. The van der Waals surface area contributed by atoms with Gasteiger partial charge in [-0.05, 0) is 57.5 Å². The largest absolute Gasteiger partial charge is 0.340 e. The van der Waals surface area contributed by atoms with Gasteiger partial charge in [-0.1, -0.05) is 6.92 Å². The fourth-order valence-electron chi connectivity index (χ4n) is 3.29. The number of piperidine rings is 1. The van der Waals surface area contributed by atoms with Crippen LogP contribution in [0.5, 0.6) is 0 Å². The van der Waals surface area contributed by atoms with Gasteiger partial charge < -0.3 is 10.2 Å². The van der Waals surface area contributed by atoms with E-state index in [1.807, 2.05) is 0 Å². The van der Waals surface area contributed by atoms with E-state index in [-0.39, 0.29) is 0 Å². The van der Waals surface area contributed by atoms with Crippen molar-refractivity contribution < 1.29 is 4.79 Å². The smallest absolute Gasteiger partial charge is 0.222 e. The Hall–Kier alpha value is -0.570. The molecule has 1 N–H and O–H groups in total. The molecule has 98 valence electrons. The van der Waals surface area contributed by atoms with E-state index in [4.69, 9.17) is 0 Å². The SMILES string of the molecule is CC1CC(C)N(C(=O)CCC2CCNCC2)C1. The summed E-state index contributed by atoms with van der Waals surface area (Å²) in [5.74, 6) is 1.85. The molecule has 1 amide bonds. The second-order valence-electron chi connectivity index (χ2n) is 5.97. The number of carbonyl (C=O) groups excluding carboxylic acids is 1. The Balaban J connectivity index is 1.73. The highest BCUT2D eigenvalue weighted by atomic mass is 16.2. The number of nitrogens with zero attached hydrogens (tertiary/aromatic N) is 1. The van der Waals surface area contributed by atoms with E-state index in [1.54, 1.807) is 0 Å². The van der Waals surface area contributed by atoms with Gasteiger partial charge in [-0.15, -0.1) is 0 Å². The molecule has 2 aliphatic heterocycles. The predicted molar refractivity (Wildman–Crippen MR) is 69.8 cm³/mol. The predicted octanol–water partition coefficient (Wildman–Crippen LogP) is 2.02. The first-order valence-corrected chi connectivity index (χ1v) is 7.17. The second kappa shape index (κ2) is 5.85. The number of amides is 1. The van der Waals surface area contributed by atoms with Crippen LogP contribution in [0.25, 0.3) is 0 Å². The molecule has 2 aliphatic rings. The minimum Gasteiger partial charge on any atom is -0.340 e. The van der Waals surface area contributed by atoms with Crippen molar-refractivity contribution in [2.75, 3.05) is 19.6 Å². The molecule has 0 bridgehead atoms. The van der Waals surface area contributed by atoms with E-state index >= 15 is 0 Å². The molecule has 0 aliphatic carbocycles. The fraction of sp³-hybridized carbons (Fsp3) is 0.929. The van der Waals surface area contributed by atoms with Crippen LogP contribution in [-0.4, -0.2) is 36.5 Å². The Morgan fingerprint density at radius 2 is 2.00 bits per heavy atom. The summed E-state index contributed by atoms with van der Waals surface area (Å²) in [5.41, 5.74) is 0. The quantitative estimate of drug-likeness (QED) is 0.816. The van der Waals surface area contributed by atoms with Crippen molar-refractivity contribution in [2.24, 2.45) is 11.8 Å². The van der Waals surface area contributed by atoms with Gasteiger partial charge in [0.25, 0.3) is 0 Å². The summed E-state index contributed by atoms with van der Waals surface area (Å²) in [5, 5.41) is 3.37. The van der Waals surface area contributed by atoms with Crippen molar-refractivity contribution in [3.8, 4) is 0 Å². The average molecular weight is 238 g/mol. The van der Waals surface area contributed by atoms with Crippen LogP contribution in [-0.2, 0) is 4.79 Å². The number of hydrogen-bond acceptors (Lipinski definition) is 2. The molecule has 17 heavy (non-hydrogen) atoms. The fourth-order valence-corrected chi connectivity index (χ4v) is 3.29. The van der Waals surface area contributed by atoms with E-state index in [1.165, 1.54) is 19.3 Å².